The molecule has 103 heavy (non-hydrogen) atoms. The number of carbonyl (C=O) groups is 4. The lowest BCUT2D eigenvalue weighted by atomic mass is 10.1. The van der Waals surface area contributed by atoms with E-state index in [2.05, 4.69) is 26.6 Å². The van der Waals surface area contributed by atoms with Crippen molar-refractivity contribution in [3.05, 3.63) is 310 Å². The second-order valence-corrected chi connectivity index (χ2v) is 24.5. The molecule has 0 radical (unpaired) electrons. The number of carbonyl (C=O) groups excluding carboxylic acids is 4. The van der Waals surface area contributed by atoms with E-state index in [1.54, 1.807) is 18.3 Å². The van der Waals surface area contributed by atoms with Crippen LogP contribution in [0.4, 0.5) is 13.2 Å². The molecule has 0 saturated heterocycles. The molecule has 0 unspecified atom stereocenters. The minimum absolute atomic E-state index is 0. The van der Waals surface area contributed by atoms with Crippen LogP contribution in [-0.2, 0) is 71.5 Å². The van der Waals surface area contributed by atoms with Gasteiger partial charge in [0.05, 0.1) is 50.3 Å². The van der Waals surface area contributed by atoms with Gasteiger partial charge in [0.25, 0.3) is 17.4 Å². The number of aromatic nitrogens is 4. The Labute approximate surface area is 617 Å². The van der Waals surface area contributed by atoms with Crippen LogP contribution in [0.15, 0.2) is 200 Å². The van der Waals surface area contributed by atoms with Crippen molar-refractivity contribution >= 4 is 92.0 Å². The minimum atomic E-state index is -0.781. The Morgan fingerprint density at radius 3 is 1.24 bits per heavy atom. The van der Waals surface area contributed by atoms with Gasteiger partial charge in [-0.25, -0.2) is 13.2 Å². The summed E-state index contributed by atoms with van der Waals surface area (Å²) in [6, 6.07) is 39.9. The fourth-order valence-electron chi connectivity index (χ4n) is 9.99. The van der Waals surface area contributed by atoms with Gasteiger partial charge in [-0.05, 0) is 99.6 Å². The van der Waals surface area contributed by atoms with Gasteiger partial charge in [-0.1, -0.05) is 144 Å². The number of rotatable bonds is 27. The van der Waals surface area contributed by atoms with Crippen molar-refractivity contribution in [1.29, 1.82) is 0 Å². The third kappa shape index (κ3) is 21.5. The molecule has 29 heteroatoms. The summed E-state index contributed by atoms with van der Waals surface area (Å²) in [6.07, 6.45) is 5.71. The molecule has 21 nitrogen and oxygen atoms in total. The number of halogens is 8. The van der Waals surface area contributed by atoms with Crippen LogP contribution in [0, 0.1) is 17.5 Å². The lowest BCUT2D eigenvalue weighted by molar-refractivity contribution is -0.111. The van der Waals surface area contributed by atoms with Gasteiger partial charge in [-0.15, -0.1) is 12.4 Å². The third-order valence-corrected chi connectivity index (χ3v) is 16.8. The number of methoxy groups -OCH3 is 4. The number of ketones is 2. The Balaban J connectivity index is 0.000000216. The molecule has 10 rings (SSSR count). The molecular weight excluding hydrogens is 1490 g/mol. The summed E-state index contributed by atoms with van der Waals surface area (Å²) in [7, 11) is 5.79. The lowest BCUT2D eigenvalue weighted by Crippen LogP contribution is -2.34. The Bertz CT molecular complexity index is 4910. The average molecular weight is 1560 g/mol. The predicted molar refractivity (Wildman–Crippen MR) is 388 cm³/mol. The molecule has 0 saturated carbocycles. The highest BCUT2D eigenvalue weighted by atomic mass is 79.9. The predicted octanol–water partition coefficient (Wildman–Crippen LogP) is 13.0. The maximum absolute atomic E-state index is 13.5. The normalized spacial score (nSPS) is 10.9. The molecule has 0 spiro atoms. The molecule has 10 aromatic rings. The summed E-state index contributed by atoms with van der Waals surface area (Å²) in [4.78, 5) is 103. The number of hydrogen-bond acceptors (Lipinski definition) is 15. The zero-order valence-corrected chi connectivity index (χ0v) is 60.7. The van der Waals surface area contributed by atoms with Crippen LogP contribution in [0.5, 0.6) is 17.2 Å². The number of Topliss-reactive ketones (excluding diaryl/α,β-unsaturated/α-hetero) is 2. The van der Waals surface area contributed by atoms with Crippen LogP contribution in [-0.4, -0.2) is 82.5 Å². The van der Waals surface area contributed by atoms with Gasteiger partial charge in [0.2, 0.25) is 16.3 Å². The van der Waals surface area contributed by atoms with E-state index in [4.69, 9.17) is 68.0 Å². The van der Waals surface area contributed by atoms with Crippen molar-refractivity contribution in [3.63, 3.8) is 0 Å². The Kier molecular flexibility index (Phi) is 30.2. The minimum Gasteiger partial charge on any atom is -0.483 e. The van der Waals surface area contributed by atoms with E-state index in [1.807, 2.05) is 78.9 Å². The van der Waals surface area contributed by atoms with Crippen LogP contribution < -0.4 is 46.7 Å². The molecule has 4 aromatic heterocycles. The number of nitrogens with zero attached hydrogens (tertiary/aromatic N) is 4. The fraction of sp³-hybridized carbons (Fsp3) is 0.216. The maximum Gasteiger partial charge on any atom is 0.279 e. The average Bonchev–Trinajstić information content (AvgIpc) is 0.775. The van der Waals surface area contributed by atoms with Crippen molar-refractivity contribution in [2.45, 2.75) is 79.0 Å². The number of hydrogen-bond donors (Lipinski definition) is 2. The second-order valence-electron chi connectivity index (χ2n) is 22.4. The molecule has 0 aliphatic carbocycles. The highest BCUT2D eigenvalue weighted by molar-refractivity contribution is 9.10. The van der Waals surface area contributed by atoms with Gasteiger partial charge >= 0.3 is 0 Å². The standard InChI is InChI=1S/C26H26ClFN2O6.C24H23BrClFN2O5.C24H18ClFN2O4.ClH/c1-16(31)19-13-30(14-22(34-2)35-3)23(25(24(19)32)36-15-17-7-5-4-6-8-17)26(33)29-12-18-9-10-21(28)20(27)11-18;1-32-20(33-2)13-29-12-17(25)22(30)23(34-14-15-6-4-3-5-7-15)21(29)24(31)28-11-16-8-9-19(27)18(26)10-16;1-15(29)18-13-27-9-10-28(12-17-7-8-20(26)19(25)11-17)24(31)21(27)23(22(18)30)32-14-16-5-3-2-4-6-16;/h4-11,13,22H,12,14-15H2,1-3H3,(H,29,33);3-10,12,20H,11,13-14H2,1-2H3,(H,28,31);2-11,13H,12,14H2,1H3;1H. The van der Waals surface area contributed by atoms with Gasteiger partial charge in [-0.2, -0.15) is 0 Å². The fourth-order valence-corrected chi connectivity index (χ4v) is 11.0. The molecular formula is C74H68BrCl4F3N6O15. The second kappa shape index (κ2) is 38.6. The van der Waals surface area contributed by atoms with Crippen molar-refractivity contribution in [3.8, 4) is 17.2 Å². The van der Waals surface area contributed by atoms with Gasteiger partial charge in [0.15, 0.2) is 58.3 Å². The Hall–Kier alpha value is -9.67. The summed E-state index contributed by atoms with van der Waals surface area (Å²) >= 11 is 20.8. The van der Waals surface area contributed by atoms with Crippen LogP contribution in [0.25, 0.3) is 5.52 Å². The first kappa shape index (κ1) is 80.6. The first-order valence-corrected chi connectivity index (χ1v) is 32.9. The highest BCUT2D eigenvalue weighted by Crippen LogP contribution is 2.25. The van der Waals surface area contributed by atoms with Crippen LogP contribution in [0.1, 0.15) is 88.9 Å². The van der Waals surface area contributed by atoms with E-state index in [1.165, 1.54) is 140 Å². The zero-order chi connectivity index (χ0) is 73.7. The molecule has 0 aliphatic rings. The van der Waals surface area contributed by atoms with E-state index >= 15 is 0 Å². The first-order valence-electron chi connectivity index (χ1n) is 30.9. The van der Waals surface area contributed by atoms with Gasteiger partial charge in [0, 0.05) is 72.5 Å². The van der Waals surface area contributed by atoms with Crippen LogP contribution in [0.2, 0.25) is 15.1 Å². The summed E-state index contributed by atoms with van der Waals surface area (Å²) < 4.78 is 84.9. The molecule has 0 bridgehead atoms. The van der Waals surface area contributed by atoms with Crippen LogP contribution in [0.3, 0.4) is 0 Å². The lowest BCUT2D eigenvalue weighted by Gasteiger charge is -2.22. The number of nitrogens with one attached hydrogen (secondary N) is 2. The topological polar surface area (TPSA) is 244 Å². The van der Waals surface area contributed by atoms with Crippen molar-refractivity contribution in [2.24, 2.45) is 0 Å². The van der Waals surface area contributed by atoms with Gasteiger partial charge in [-0.3, -0.25) is 38.4 Å². The summed E-state index contributed by atoms with van der Waals surface area (Å²) in [6.45, 7) is 2.91. The smallest absolute Gasteiger partial charge is 0.279 e. The third-order valence-electron chi connectivity index (χ3n) is 15.3. The quantitative estimate of drug-likeness (QED) is 0.0359. The molecule has 0 atom stereocenters. The monoisotopic (exact) mass is 1560 g/mol. The van der Waals surface area contributed by atoms with Crippen molar-refractivity contribution < 1.29 is 65.5 Å². The van der Waals surface area contributed by atoms with Crippen LogP contribution >= 0.6 is 63.1 Å². The number of pyridine rings is 3. The molecule has 4 heterocycles. The molecule has 6 aromatic carbocycles. The molecule has 2 N–H and O–H groups in total. The van der Waals surface area contributed by atoms with E-state index < -0.39 is 75.3 Å². The maximum atomic E-state index is 13.5. The number of amides is 2. The Morgan fingerprint density at radius 2 is 0.835 bits per heavy atom. The van der Waals surface area contributed by atoms with E-state index in [9.17, 15) is 51.5 Å². The zero-order valence-electron chi connectivity index (χ0n) is 56.0. The molecule has 540 valence electrons. The van der Waals surface area contributed by atoms with Gasteiger partial charge in [0.1, 0.15) is 37.3 Å². The van der Waals surface area contributed by atoms with Gasteiger partial charge < -0.3 is 61.9 Å². The van der Waals surface area contributed by atoms with E-state index in [0.29, 0.717) is 16.7 Å². The molecule has 0 aliphatic heterocycles. The highest BCUT2D eigenvalue weighted by Gasteiger charge is 2.28. The van der Waals surface area contributed by atoms with Crippen molar-refractivity contribution in [1.82, 2.24) is 28.7 Å². The van der Waals surface area contributed by atoms with E-state index in [0.717, 1.165) is 16.7 Å². The SMILES string of the molecule is CC(=O)c1cn2ccn(Cc3ccc(F)c(Cl)c3)c(=O)c2c(OCc2ccccc2)c1=O.COC(Cn1cc(Br)c(=O)c(OCc2ccccc2)c1C(=O)NCc1ccc(F)c(Cl)c1)OC.COC(Cn1cc(C(C)=O)c(=O)c(OCc2ccccc2)c1C(=O)NCc1ccc(F)c(Cl)c1)OC.Cl. The molecule has 0 fully saturated rings. The largest absolute Gasteiger partial charge is 0.483 e. The number of ether oxygens (including phenoxy) is 7. The molecule has 2 amide bonds. The number of benzene rings is 6. The summed E-state index contributed by atoms with van der Waals surface area (Å²) in [5.74, 6) is -4.44. The first-order chi connectivity index (χ1) is 48.9. The van der Waals surface area contributed by atoms with E-state index in [-0.39, 0.29) is 130 Å². The Morgan fingerprint density at radius 1 is 0.466 bits per heavy atom. The van der Waals surface area contributed by atoms with Crippen molar-refractivity contribution in [2.75, 3.05) is 28.4 Å². The number of fused-ring (bicyclic) bond motifs is 1. The summed E-state index contributed by atoms with van der Waals surface area (Å²) in [5, 5.41) is 5.25. The summed E-state index contributed by atoms with van der Waals surface area (Å²) in [5.41, 5.74) is 1.46.